The van der Waals surface area contributed by atoms with E-state index in [9.17, 15) is 25.5 Å². The summed E-state index contributed by atoms with van der Waals surface area (Å²) in [5.41, 5.74) is -0.827. The maximum Gasteiger partial charge on any atom is 0.250 e. The van der Waals surface area contributed by atoms with Gasteiger partial charge >= 0.3 is 0 Å². The summed E-state index contributed by atoms with van der Waals surface area (Å²) in [5.74, 6) is -8.39. The highest BCUT2D eigenvalue weighted by molar-refractivity contribution is 14.1. The third kappa shape index (κ3) is 3.08. The molecule has 0 heterocycles. The third-order valence-electron chi connectivity index (χ3n) is 3.89. The van der Waals surface area contributed by atoms with Crippen LogP contribution in [0.3, 0.4) is 0 Å². The minimum atomic E-state index is -3.12. The second-order valence-corrected chi connectivity index (χ2v) is 5.66. The molecule has 0 saturated heterocycles. The zero-order valence-corrected chi connectivity index (χ0v) is 15.6. The predicted molar refractivity (Wildman–Crippen MR) is 98.5 cm³/mol. The van der Waals surface area contributed by atoms with Crippen LogP contribution in [0.4, 0.5) is 0 Å². The van der Waals surface area contributed by atoms with Crippen molar-refractivity contribution in [3.8, 4) is 0 Å². The molecule has 0 aromatic carbocycles. The minimum Gasteiger partial charge on any atom is -0.358 e. The van der Waals surface area contributed by atoms with Crippen LogP contribution < -0.4 is 0 Å². The Morgan fingerprint density at radius 2 is 1.58 bits per heavy atom. The first kappa shape index (κ1) is 21.0. The fourth-order valence-corrected chi connectivity index (χ4v) is 3.04. The summed E-state index contributed by atoms with van der Waals surface area (Å²) in [5, 5.41) is 52.9. The van der Waals surface area contributed by atoms with Gasteiger partial charge in [-0.15, -0.1) is 0 Å². The highest BCUT2D eigenvalue weighted by Crippen LogP contribution is 2.48. The van der Waals surface area contributed by atoms with Gasteiger partial charge in [-0.1, -0.05) is 49.6 Å². The molecule has 0 bridgehead atoms. The Balaban J connectivity index is 4.03. The summed E-state index contributed by atoms with van der Waals surface area (Å²) >= 11 is 1.45. The summed E-state index contributed by atoms with van der Waals surface area (Å²) in [6.07, 6.45) is 7.97. The summed E-state index contributed by atoms with van der Waals surface area (Å²) in [6.45, 7) is 9.77. The fraction of sp³-hybridized carbons (Fsp3) is 0.294. The molecule has 24 heavy (non-hydrogen) atoms. The zero-order chi connectivity index (χ0) is 18.8. The smallest absolute Gasteiger partial charge is 0.250 e. The molecule has 1 atom stereocenters. The predicted octanol–water partition coefficient (Wildman–Crippen LogP) is 1.53. The molecular weight excluding hydrogens is 427 g/mol. The number of hydrogen-bond acceptors (Lipinski definition) is 6. The first-order valence-electron chi connectivity index (χ1n) is 6.99. The van der Waals surface area contributed by atoms with Crippen LogP contribution in [0, 0.1) is 0 Å². The van der Waals surface area contributed by atoms with Gasteiger partial charge in [0.1, 0.15) is 23.0 Å². The van der Waals surface area contributed by atoms with E-state index in [1.807, 2.05) is 0 Å². The van der Waals surface area contributed by atoms with Gasteiger partial charge in [0.25, 0.3) is 5.79 Å². The summed E-state index contributed by atoms with van der Waals surface area (Å²) in [4.78, 5) is 0. The van der Waals surface area contributed by atoms with Gasteiger partial charge < -0.3 is 25.5 Å². The number of aliphatic hydroxyl groups is 5. The van der Waals surface area contributed by atoms with Crippen molar-refractivity contribution in [1.82, 2.24) is 0 Å². The highest BCUT2D eigenvalue weighted by Gasteiger charge is 2.59. The van der Waals surface area contributed by atoms with Crippen LogP contribution in [0.15, 0.2) is 71.9 Å². The second kappa shape index (κ2) is 7.44. The minimum absolute atomic E-state index is 0.0742. The highest BCUT2D eigenvalue weighted by atomic mass is 127. The first-order chi connectivity index (χ1) is 11.1. The Morgan fingerprint density at radius 1 is 1.00 bits per heavy atom. The molecule has 0 saturated carbocycles. The van der Waals surface area contributed by atoms with Crippen molar-refractivity contribution in [2.45, 2.75) is 31.2 Å². The molecule has 1 rings (SSSR count). The number of hydrogen-bond donors (Lipinski definition) is 5. The largest absolute Gasteiger partial charge is 0.358 e. The van der Waals surface area contributed by atoms with Crippen LogP contribution in [-0.2, 0) is 3.07 Å². The number of rotatable bonds is 4. The molecule has 1 unspecified atom stereocenters. The monoisotopic (exact) mass is 448 g/mol. The van der Waals surface area contributed by atoms with E-state index in [1.54, 1.807) is 0 Å². The van der Waals surface area contributed by atoms with Crippen LogP contribution in [0.1, 0.15) is 13.8 Å². The number of halogens is 1. The van der Waals surface area contributed by atoms with E-state index in [1.165, 1.54) is 67.2 Å². The zero-order valence-electron chi connectivity index (χ0n) is 13.4. The standard InChI is InChI=1S/C17H21IO6/c1-5-8-10-13-11(4)16(20,21)17(22,23)14(9-6-2)12(7-3)15(13,19)24-18/h5-10,19-23H,1-2H2,3-4H3/b10-8-,12-7+,14-9+. The van der Waals surface area contributed by atoms with E-state index in [4.69, 9.17) is 3.07 Å². The molecule has 132 valence electrons. The Labute approximate surface area is 154 Å². The van der Waals surface area contributed by atoms with Crippen molar-refractivity contribution < 1.29 is 28.6 Å². The molecular formula is C17H21IO6. The van der Waals surface area contributed by atoms with Gasteiger partial charge in [0, 0.05) is 22.3 Å². The summed E-state index contributed by atoms with van der Waals surface area (Å²) in [6, 6.07) is 0. The number of allylic oxidation sites excluding steroid dienone is 5. The average Bonchev–Trinajstić information content (AvgIpc) is 2.56. The molecule has 1 aliphatic carbocycles. The molecule has 0 aromatic heterocycles. The first-order valence-corrected chi connectivity index (χ1v) is 7.87. The maximum absolute atomic E-state index is 11.1. The summed E-state index contributed by atoms with van der Waals surface area (Å²) in [7, 11) is 0. The lowest BCUT2D eigenvalue weighted by atomic mass is 9.88. The van der Waals surface area contributed by atoms with Crippen molar-refractivity contribution in [2.24, 2.45) is 0 Å². The van der Waals surface area contributed by atoms with Gasteiger partial charge in [-0.25, -0.2) is 0 Å². The maximum atomic E-state index is 11.1. The van der Waals surface area contributed by atoms with Crippen LogP contribution in [-0.4, -0.2) is 42.9 Å². The quantitative estimate of drug-likeness (QED) is 0.254. The van der Waals surface area contributed by atoms with Gasteiger partial charge in [-0.2, -0.15) is 0 Å². The van der Waals surface area contributed by atoms with Gasteiger partial charge in [-0.3, -0.25) is 3.07 Å². The SMILES string of the molecule is C=C/C=C\C1=C(C)C(O)(O)C(O)(O)C(=C/C=C)/C(=C\C)C1(O)OI. The Hall–Kier alpha value is -1.07. The molecule has 1 aliphatic rings. The van der Waals surface area contributed by atoms with Crippen molar-refractivity contribution in [1.29, 1.82) is 0 Å². The molecule has 6 nitrogen and oxygen atoms in total. The molecule has 0 radical (unpaired) electrons. The van der Waals surface area contributed by atoms with E-state index >= 15 is 0 Å². The topological polar surface area (TPSA) is 110 Å². The lowest BCUT2D eigenvalue weighted by Crippen LogP contribution is -2.56. The third-order valence-corrected chi connectivity index (χ3v) is 4.53. The lowest BCUT2D eigenvalue weighted by molar-refractivity contribution is -0.317. The second-order valence-electron chi connectivity index (χ2n) is 5.22. The van der Waals surface area contributed by atoms with Crippen molar-refractivity contribution in [3.63, 3.8) is 0 Å². The molecule has 0 aromatic rings. The van der Waals surface area contributed by atoms with Crippen LogP contribution >= 0.6 is 23.0 Å². The van der Waals surface area contributed by atoms with Crippen LogP contribution in [0.5, 0.6) is 0 Å². The van der Waals surface area contributed by atoms with Crippen molar-refractivity contribution in [3.05, 3.63) is 71.9 Å². The van der Waals surface area contributed by atoms with Gasteiger partial charge in [0.05, 0.1) is 0 Å². The van der Waals surface area contributed by atoms with E-state index in [-0.39, 0.29) is 22.3 Å². The Morgan fingerprint density at radius 3 is 2.00 bits per heavy atom. The molecule has 0 spiro atoms. The molecule has 7 heteroatoms. The lowest BCUT2D eigenvalue weighted by Gasteiger charge is -2.36. The molecule has 0 fully saturated rings. The van der Waals surface area contributed by atoms with Crippen molar-refractivity contribution in [2.75, 3.05) is 0 Å². The molecule has 0 aliphatic heterocycles. The Bertz CT molecular complexity index is 654. The average molecular weight is 448 g/mol. The van der Waals surface area contributed by atoms with Crippen LogP contribution in [0.2, 0.25) is 0 Å². The van der Waals surface area contributed by atoms with Gasteiger partial charge in [-0.05, 0) is 13.8 Å². The van der Waals surface area contributed by atoms with Crippen molar-refractivity contribution >= 4 is 23.0 Å². The van der Waals surface area contributed by atoms with Gasteiger partial charge in [0.2, 0.25) is 11.6 Å². The summed E-state index contributed by atoms with van der Waals surface area (Å²) < 4.78 is 5.20. The van der Waals surface area contributed by atoms with E-state index < -0.39 is 17.4 Å². The van der Waals surface area contributed by atoms with E-state index in [0.717, 1.165) is 6.08 Å². The van der Waals surface area contributed by atoms with Gasteiger partial charge in [0.15, 0.2) is 0 Å². The Kier molecular flexibility index (Phi) is 6.50. The fourth-order valence-electron chi connectivity index (χ4n) is 2.57. The molecule has 0 amide bonds. The van der Waals surface area contributed by atoms with E-state index in [2.05, 4.69) is 13.2 Å². The molecule has 5 N–H and O–H groups in total. The van der Waals surface area contributed by atoms with Crippen LogP contribution in [0.25, 0.3) is 0 Å². The van der Waals surface area contributed by atoms with E-state index in [0.29, 0.717) is 0 Å². The normalized spacial score (nSPS) is 30.0.